The minimum absolute atomic E-state index is 0.120. The zero-order chi connectivity index (χ0) is 22.3. The standard InChI is InChI=1S/C27H36N2O3/c1-31-25-11-10-23(18-26(25)32-2)19-28-14-6-9-24(20-28)27(30)29-15-12-22(13-16-29)17-21-7-4-3-5-8-21/h3-5,7-8,10-11,18,22,24H,6,9,12-17,19-20H2,1-2H3/t24-/m0/s1. The highest BCUT2D eigenvalue weighted by atomic mass is 16.5. The summed E-state index contributed by atoms with van der Waals surface area (Å²) >= 11 is 0. The minimum Gasteiger partial charge on any atom is -0.493 e. The molecule has 2 aliphatic heterocycles. The van der Waals surface area contributed by atoms with Crippen LogP contribution in [0.25, 0.3) is 0 Å². The average molecular weight is 437 g/mol. The van der Waals surface area contributed by atoms with Crippen LogP contribution in [0.2, 0.25) is 0 Å². The molecular weight excluding hydrogens is 400 g/mol. The van der Waals surface area contributed by atoms with Crippen LogP contribution in [0.5, 0.6) is 11.5 Å². The lowest BCUT2D eigenvalue weighted by molar-refractivity contribution is -0.138. The Morgan fingerprint density at radius 3 is 2.38 bits per heavy atom. The third kappa shape index (κ3) is 5.63. The summed E-state index contributed by atoms with van der Waals surface area (Å²) in [6.45, 7) is 4.53. The molecule has 1 amide bonds. The monoisotopic (exact) mass is 436 g/mol. The summed E-state index contributed by atoms with van der Waals surface area (Å²) in [4.78, 5) is 17.8. The zero-order valence-electron chi connectivity index (χ0n) is 19.5. The Balaban J connectivity index is 1.28. The Morgan fingerprint density at radius 1 is 0.906 bits per heavy atom. The number of hydrogen-bond acceptors (Lipinski definition) is 4. The van der Waals surface area contributed by atoms with Gasteiger partial charge in [0, 0.05) is 26.2 Å². The molecular formula is C27H36N2O3. The van der Waals surface area contributed by atoms with Gasteiger partial charge in [0.25, 0.3) is 0 Å². The van der Waals surface area contributed by atoms with Gasteiger partial charge in [-0.25, -0.2) is 0 Å². The third-order valence-electron chi connectivity index (χ3n) is 7.00. The van der Waals surface area contributed by atoms with Gasteiger partial charge < -0.3 is 14.4 Å². The van der Waals surface area contributed by atoms with Crippen molar-refractivity contribution in [1.82, 2.24) is 9.80 Å². The van der Waals surface area contributed by atoms with Crippen molar-refractivity contribution in [3.05, 3.63) is 59.7 Å². The van der Waals surface area contributed by atoms with Crippen molar-refractivity contribution in [2.75, 3.05) is 40.4 Å². The summed E-state index contributed by atoms with van der Waals surface area (Å²) < 4.78 is 10.8. The first-order valence-corrected chi connectivity index (χ1v) is 11.9. The van der Waals surface area contributed by atoms with Gasteiger partial charge in [0.05, 0.1) is 20.1 Å². The van der Waals surface area contributed by atoms with Crippen LogP contribution in [-0.2, 0) is 17.8 Å². The lowest BCUT2D eigenvalue weighted by Crippen LogP contribution is -2.47. The van der Waals surface area contributed by atoms with Crippen molar-refractivity contribution in [2.45, 2.75) is 38.6 Å². The number of nitrogens with zero attached hydrogens (tertiary/aromatic N) is 2. The first kappa shape index (κ1) is 22.7. The van der Waals surface area contributed by atoms with E-state index in [4.69, 9.17) is 9.47 Å². The maximum Gasteiger partial charge on any atom is 0.226 e. The van der Waals surface area contributed by atoms with E-state index in [1.165, 1.54) is 11.1 Å². The van der Waals surface area contributed by atoms with Gasteiger partial charge in [0.2, 0.25) is 5.91 Å². The minimum atomic E-state index is 0.120. The summed E-state index contributed by atoms with van der Waals surface area (Å²) in [6.07, 6.45) is 5.44. The van der Waals surface area contributed by atoms with Crippen LogP contribution >= 0.6 is 0 Å². The van der Waals surface area contributed by atoms with Crippen molar-refractivity contribution in [3.63, 3.8) is 0 Å². The van der Waals surface area contributed by atoms with Gasteiger partial charge in [0.1, 0.15) is 0 Å². The molecule has 2 fully saturated rings. The molecule has 1 atom stereocenters. The maximum absolute atomic E-state index is 13.3. The fourth-order valence-electron chi connectivity index (χ4n) is 5.20. The van der Waals surface area contributed by atoms with E-state index in [0.29, 0.717) is 11.8 Å². The number of piperidine rings is 2. The van der Waals surface area contributed by atoms with E-state index in [-0.39, 0.29) is 5.92 Å². The summed E-state index contributed by atoms with van der Waals surface area (Å²) in [6, 6.07) is 16.8. The lowest BCUT2D eigenvalue weighted by Gasteiger charge is -2.38. The maximum atomic E-state index is 13.3. The van der Waals surface area contributed by atoms with E-state index in [1.807, 2.05) is 12.1 Å². The van der Waals surface area contributed by atoms with Crippen LogP contribution in [0.3, 0.4) is 0 Å². The SMILES string of the molecule is COc1ccc(CN2CCC[C@H](C(=O)N3CCC(Cc4ccccc4)CC3)C2)cc1OC. The van der Waals surface area contributed by atoms with E-state index in [1.54, 1.807) is 14.2 Å². The van der Waals surface area contributed by atoms with Gasteiger partial charge in [0.15, 0.2) is 11.5 Å². The van der Waals surface area contributed by atoms with Crippen LogP contribution < -0.4 is 9.47 Å². The lowest BCUT2D eigenvalue weighted by atomic mass is 9.89. The van der Waals surface area contributed by atoms with E-state index in [0.717, 1.165) is 76.3 Å². The highest BCUT2D eigenvalue weighted by Gasteiger charge is 2.31. The second-order valence-electron chi connectivity index (χ2n) is 9.22. The third-order valence-corrected chi connectivity index (χ3v) is 7.00. The quantitative estimate of drug-likeness (QED) is 0.645. The smallest absolute Gasteiger partial charge is 0.226 e. The molecule has 5 nitrogen and oxygen atoms in total. The summed E-state index contributed by atoms with van der Waals surface area (Å²) in [5.41, 5.74) is 2.60. The number of hydrogen-bond donors (Lipinski definition) is 0. The van der Waals surface area contributed by atoms with Gasteiger partial charge in [-0.1, -0.05) is 36.4 Å². The highest BCUT2D eigenvalue weighted by molar-refractivity contribution is 5.79. The fraction of sp³-hybridized carbons (Fsp3) is 0.519. The topological polar surface area (TPSA) is 42.0 Å². The molecule has 0 radical (unpaired) electrons. The molecule has 2 aromatic rings. The van der Waals surface area contributed by atoms with E-state index in [2.05, 4.69) is 46.2 Å². The van der Waals surface area contributed by atoms with Crippen molar-refractivity contribution < 1.29 is 14.3 Å². The van der Waals surface area contributed by atoms with E-state index >= 15 is 0 Å². The summed E-state index contributed by atoms with van der Waals surface area (Å²) in [7, 11) is 3.32. The second-order valence-corrected chi connectivity index (χ2v) is 9.22. The van der Waals surface area contributed by atoms with Gasteiger partial charge in [-0.05, 0) is 67.8 Å². The first-order valence-electron chi connectivity index (χ1n) is 11.9. The van der Waals surface area contributed by atoms with Gasteiger partial charge >= 0.3 is 0 Å². The Bertz CT molecular complexity index is 878. The Morgan fingerprint density at radius 2 is 1.66 bits per heavy atom. The molecule has 172 valence electrons. The number of methoxy groups -OCH3 is 2. The molecule has 2 saturated heterocycles. The van der Waals surface area contributed by atoms with Crippen LogP contribution in [0.15, 0.2) is 48.5 Å². The molecule has 5 heteroatoms. The molecule has 32 heavy (non-hydrogen) atoms. The number of ether oxygens (including phenoxy) is 2. The van der Waals surface area contributed by atoms with E-state index < -0.39 is 0 Å². The van der Waals surface area contributed by atoms with Gasteiger partial charge in [-0.2, -0.15) is 0 Å². The number of carbonyl (C=O) groups is 1. The molecule has 4 rings (SSSR count). The number of amides is 1. The Labute approximate surface area is 192 Å². The van der Waals surface area contributed by atoms with Gasteiger partial charge in [-0.3, -0.25) is 9.69 Å². The number of likely N-dealkylation sites (tertiary alicyclic amines) is 2. The van der Waals surface area contributed by atoms with Crippen molar-refractivity contribution >= 4 is 5.91 Å². The zero-order valence-corrected chi connectivity index (χ0v) is 19.5. The van der Waals surface area contributed by atoms with Crippen molar-refractivity contribution in [2.24, 2.45) is 11.8 Å². The molecule has 0 bridgehead atoms. The van der Waals surface area contributed by atoms with E-state index in [9.17, 15) is 4.79 Å². The number of carbonyl (C=O) groups excluding carboxylic acids is 1. The number of rotatable bonds is 7. The summed E-state index contributed by atoms with van der Waals surface area (Å²) in [5, 5.41) is 0. The normalized spacial score (nSPS) is 20.2. The largest absolute Gasteiger partial charge is 0.493 e. The molecule has 0 N–H and O–H groups in total. The fourth-order valence-corrected chi connectivity index (χ4v) is 5.20. The molecule has 0 spiro atoms. The average Bonchev–Trinajstić information content (AvgIpc) is 2.85. The Hall–Kier alpha value is -2.53. The molecule has 0 saturated carbocycles. The molecule has 2 heterocycles. The second kappa shape index (κ2) is 10.9. The molecule has 0 unspecified atom stereocenters. The van der Waals surface area contributed by atoms with Crippen molar-refractivity contribution in [3.8, 4) is 11.5 Å². The van der Waals surface area contributed by atoms with Crippen LogP contribution in [-0.4, -0.2) is 56.1 Å². The molecule has 0 aliphatic carbocycles. The van der Waals surface area contributed by atoms with Crippen molar-refractivity contribution in [1.29, 1.82) is 0 Å². The van der Waals surface area contributed by atoms with Crippen LogP contribution in [0.4, 0.5) is 0 Å². The van der Waals surface area contributed by atoms with Crippen LogP contribution in [0, 0.1) is 11.8 Å². The predicted octanol–water partition coefficient (Wildman–Crippen LogP) is 4.40. The Kier molecular flexibility index (Phi) is 7.69. The van der Waals surface area contributed by atoms with Gasteiger partial charge in [-0.15, -0.1) is 0 Å². The predicted molar refractivity (Wildman–Crippen MR) is 127 cm³/mol. The molecule has 2 aliphatic rings. The number of benzene rings is 2. The van der Waals surface area contributed by atoms with Crippen LogP contribution in [0.1, 0.15) is 36.8 Å². The molecule has 2 aromatic carbocycles. The summed E-state index contributed by atoms with van der Waals surface area (Å²) in [5.74, 6) is 2.68. The first-order chi connectivity index (χ1) is 15.7. The molecule has 0 aromatic heterocycles. The highest BCUT2D eigenvalue weighted by Crippen LogP contribution is 2.29.